The van der Waals surface area contributed by atoms with Gasteiger partial charge in [0.05, 0.1) is 6.04 Å². The molecule has 2 atom stereocenters. The first-order chi connectivity index (χ1) is 9.40. The fraction of sp³-hybridized carbons (Fsp3) is 0.625. The molecule has 1 rings (SSSR count). The quantitative estimate of drug-likeness (QED) is 0.833. The fourth-order valence-corrected chi connectivity index (χ4v) is 2.83. The molecule has 0 aromatic heterocycles. The van der Waals surface area contributed by atoms with Gasteiger partial charge in [0, 0.05) is 24.7 Å². The summed E-state index contributed by atoms with van der Waals surface area (Å²) in [6, 6.07) is 5.50. The minimum Gasteiger partial charge on any atom is -0.329 e. The molecule has 0 radical (unpaired) electrons. The van der Waals surface area contributed by atoms with Crippen molar-refractivity contribution in [2.24, 2.45) is 5.73 Å². The predicted molar refractivity (Wildman–Crippen MR) is 83.3 cm³/mol. The fourth-order valence-electron chi connectivity index (χ4n) is 2.83. The maximum atomic E-state index is 14.1. The standard InChI is InChI=1S/C16H28FN3/c1-6-20(13(3)11-19(4)5)16(10-18)14-9-12(2)7-8-15(14)17/h7-9,13,16H,6,10-11,18H2,1-5H3. The molecule has 2 unspecified atom stereocenters. The second-order valence-electron chi connectivity index (χ2n) is 5.72. The first-order valence-corrected chi connectivity index (χ1v) is 7.27. The van der Waals surface area contributed by atoms with Crippen molar-refractivity contribution in [2.45, 2.75) is 32.9 Å². The van der Waals surface area contributed by atoms with Crippen LogP contribution in [0.1, 0.15) is 31.0 Å². The summed E-state index contributed by atoms with van der Waals surface area (Å²) in [5.74, 6) is -0.165. The van der Waals surface area contributed by atoms with Crippen LogP contribution in [0, 0.1) is 12.7 Å². The Kier molecular flexibility index (Phi) is 6.59. The van der Waals surface area contributed by atoms with E-state index in [0.717, 1.165) is 18.7 Å². The number of likely N-dealkylation sites (N-methyl/N-ethyl adjacent to an activating group) is 2. The maximum absolute atomic E-state index is 14.1. The van der Waals surface area contributed by atoms with Gasteiger partial charge in [0.15, 0.2) is 0 Å². The van der Waals surface area contributed by atoms with Crippen LogP contribution in [0.15, 0.2) is 18.2 Å². The molecule has 0 spiro atoms. The maximum Gasteiger partial charge on any atom is 0.128 e. The van der Waals surface area contributed by atoms with Crippen LogP contribution in [0.5, 0.6) is 0 Å². The van der Waals surface area contributed by atoms with Crippen LogP contribution in [0.2, 0.25) is 0 Å². The molecule has 0 saturated carbocycles. The lowest BCUT2D eigenvalue weighted by molar-refractivity contribution is 0.128. The van der Waals surface area contributed by atoms with E-state index < -0.39 is 0 Å². The van der Waals surface area contributed by atoms with Gasteiger partial charge in [0.25, 0.3) is 0 Å². The van der Waals surface area contributed by atoms with Crippen LogP contribution in [0.4, 0.5) is 4.39 Å². The van der Waals surface area contributed by atoms with Crippen LogP contribution >= 0.6 is 0 Å². The molecule has 0 fully saturated rings. The molecular formula is C16H28FN3. The zero-order valence-corrected chi connectivity index (χ0v) is 13.4. The Morgan fingerprint density at radius 1 is 1.30 bits per heavy atom. The second-order valence-corrected chi connectivity index (χ2v) is 5.72. The van der Waals surface area contributed by atoms with Crippen molar-refractivity contribution in [3.63, 3.8) is 0 Å². The summed E-state index contributed by atoms with van der Waals surface area (Å²) in [4.78, 5) is 4.42. The third kappa shape index (κ3) is 4.27. The van der Waals surface area contributed by atoms with Gasteiger partial charge in [0.1, 0.15) is 5.82 Å². The lowest BCUT2D eigenvalue weighted by Crippen LogP contribution is -2.44. The largest absolute Gasteiger partial charge is 0.329 e. The molecule has 0 amide bonds. The van der Waals surface area contributed by atoms with E-state index in [2.05, 4.69) is 37.7 Å². The molecule has 0 saturated heterocycles. The Morgan fingerprint density at radius 3 is 2.45 bits per heavy atom. The van der Waals surface area contributed by atoms with Crippen molar-refractivity contribution in [3.8, 4) is 0 Å². The molecule has 1 aromatic carbocycles. The molecule has 1 aromatic rings. The number of aryl methyl sites for hydroxylation is 1. The minimum atomic E-state index is -0.165. The highest BCUT2D eigenvalue weighted by atomic mass is 19.1. The summed E-state index contributed by atoms with van der Waals surface area (Å²) in [6.45, 7) is 8.45. The molecule has 0 aliphatic rings. The van der Waals surface area contributed by atoms with Crippen molar-refractivity contribution in [3.05, 3.63) is 35.1 Å². The van der Waals surface area contributed by atoms with E-state index in [1.165, 1.54) is 6.07 Å². The average Bonchev–Trinajstić information content (AvgIpc) is 2.38. The number of hydrogen-bond acceptors (Lipinski definition) is 3. The molecular weight excluding hydrogens is 253 g/mol. The summed E-state index contributed by atoms with van der Waals surface area (Å²) in [5.41, 5.74) is 7.72. The van der Waals surface area contributed by atoms with E-state index in [1.807, 2.05) is 13.0 Å². The molecule has 0 aliphatic carbocycles. The van der Waals surface area contributed by atoms with Gasteiger partial charge in [-0.1, -0.05) is 24.6 Å². The Morgan fingerprint density at radius 2 is 1.95 bits per heavy atom. The topological polar surface area (TPSA) is 32.5 Å². The Balaban J connectivity index is 3.05. The van der Waals surface area contributed by atoms with Crippen molar-refractivity contribution >= 4 is 0 Å². The second kappa shape index (κ2) is 7.72. The highest BCUT2D eigenvalue weighted by Gasteiger charge is 2.25. The molecule has 20 heavy (non-hydrogen) atoms. The van der Waals surface area contributed by atoms with Crippen LogP contribution in [-0.4, -0.2) is 49.6 Å². The van der Waals surface area contributed by atoms with Crippen molar-refractivity contribution in [1.29, 1.82) is 0 Å². The highest BCUT2D eigenvalue weighted by Crippen LogP contribution is 2.25. The van der Waals surface area contributed by atoms with Crippen LogP contribution in [0.3, 0.4) is 0 Å². The van der Waals surface area contributed by atoms with Crippen LogP contribution < -0.4 is 5.73 Å². The molecule has 114 valence electrons. The molecule has 0 heterocycles. The molecule has 4 heteroatoms. The van der Waals surface area contributed by atoms with Gasteiger partial charge in [-0.05, 0) is 40.6 Å². The number of nitrogens with two attached hydrogens (primary N) is 1. The van der Waals surface area contributed by atoms with Gasteiger partial charge in [0.2, 0.25) is 0 Å². The third-order valence-corrected chi connectivity index (χ3v) is 3.69. The minimum absolute atomic E-state index is 0.0742. The summed E-state index contributed by atoms with van der Waals surface area (Å²) in [7, 11) is 4.10. The van der Waals surface area contributed by atoms with Gasteiger partial charge >= 0.3 is 0 Å². The number of rotatable bonds is 7. The van der Waals surface area contributed by atoms with E-state index in [-0.39, 0.29) is 11.9 Å². The first-order valence-electron chi connectivity index (χ1n) is 7.27. The number of hydrogen-bond donors (Lipinski definition) is 1. The van der Waals surface area contributed by atoms with Gasteiger partial charge in [-0.25, -0.2) is 4.39 Å². The van der Waals surface area contributed by atoms with E-state index in [9.17, 15) is 4.39 Å². The lowest BCUT2D eigenvalue weighted by Gasteiger charge is -2.36. The normalized spacial score (nSPS) is 14.8. The van der Waals surface area contributed by atoms with E-state index in [4.69, 9.17) is 5.73 Å². The molecule has 3 nitrogen and oxygen atoms in total. The summed E-state index contributed by atoms with van der Waals surface area (Å²) in [5, 5.41) is 0. The molecule has 2 N–H and O–H groups in total. The summed E-state index contributed by atoms with van der Waals surface area (Å²) < 4.78 is 14.1. The number of halogens is 1. The first kappa shape index (κ1) is 17.1. The Hall–Kier alpha value is -0.970. The number of benzene rings is 1. The average molecular weight is 281 g/mol. The third-order valence-electron chi connectivity index (χ3n) is 3.69. The van der Waals surface area contributed by atoms with Crippen molar-refractivity contribution in [1.82, 2.24) is 9.80 Å². The van der Waals surface area contributed by atoms with Gasteiger partial charge < -0.3 is 10.6 Å². The SMILES string of the molecule is CCN(C(C)CN(C)C)C(CN)c1cc(C)ccc1F. The molecule has 0 aliphatic heterocycles. The Labute approximate surface area is 122 Å². The van der Waals surface area contributed by atoms with E-state index in [1.54, 1.807) is 6.07 Å². The van der Waals surface area contributed by atoms with Crippen molar-refractivity contribution in [2.75, 3.05) is 33.7 Å². The summed E-state index contributed by atoms with van der Waals surface area (Å²) >= 11 is 0. The zero-order chi connectivity index (χ0) is 15.3. The predicted octanol–water partition coefficient (Wildman–Crippen LogP) is 2.41. The van der Waals surface area contributed by atoms with E-state index >= 15 is 0 Å². The van der Waals surface area contributed by atoms with Crippen LogP contribution in [-0.2, 0) is 0 Å². The number of nitrogens with zero attached hydrogens (tertiary/aromatic N) is 2. The van der Waals surface area contributed by atoms with Crippen LogP contribution in [0.25, 0.3) is 0 Å². The lowest BCUT2D eigenvalue weighted by atomic mass is 10.0. The van der Waals surface area contributed by atoms with E-state index in [0.29, 0.717) is 18.2 Å². The smallest absolute Gasteiger partial charge is 0.128 e. The van der Waals surface area contributed by atoms with Crippen molar-refractivity contribution < 1.29 is 4.39 Å². The highest BCUT2D eigenvalue weighted by molar-refractivity contribution is 5.27. The monoisotopic (exact) mass is 281 g/mol. The van der Waals surface area contributed by atoms with Gasteiger partial charge in [-0.3, -0.25) is 4.90 Å². The zero-order valence-electron chi connectivity index (χ0n) is 13.4. The summed E-state index contributed by atoms with van der Waals surface area (Å²) in [6.07, 6.45) is 0. The Bertz CT molecular complexity index is 420. The van der Waals surface area contributed by atoms with Gasteiger partial charge in [-0.15, -0.1) is 0 Å². The van der Waals surface area contributed by atoms with Gasteiger partial charge in [-0.2, -0.15) is 0 Å². The molecule has 0 bridgehead atoms.